The molecule has 1 fully saturated rings. The van der Waals surface area contributed by atoms with Crippen LogP contribution < -0.4 is 5.32 Å². The molecular weight excluding hydrogens is 393 g/mol. The van der Waals surface area contributed by atoms with Gasteiger partial charge >= 0.3 is 0 Å². The number of nitrogens with zero attached hydrogens (tertiary/aromatic N) is 4. The highest BCUT2D eigenvalue weighted by atomic mass is 19.1. The molecule has 162 valence electrons. The molecule has 0 aliphatic carbocycles. The van der Waals surface area contributed by atoms with Crippen LogP contribution in [0.15, 0.2) is 54.7 Å². The van der Waals surface area contributed by atoms with Crippen molar-refractivity contribution in [3.8, 4) is 5.69 Å². The first-order valence-corrected chi connectivity index (χ1v) is 10.7. The maximum absolute atomic E-state index is 15.4. The van der Waals surface area contributed by atoms with Gasteiger partial charge in [-0.25, -0.2) is 9.07 Å². The van der Waals surface area contributed by atoms with Crippen LogP contribution in [0.2, 0.25) is 0 Å². The van der Waals surface area contributed by atoms with Crippen molar-refractivity contribution in [2.45, 2.75) is 45.3 Å². The monoisotopic (exact) mass is 421 g/mol. The number of para-hydroxylation sites is 1. The molecule has 4 rings (SSSR count). The molecule has 1 saturated heterocycles. The average molecular weight is 422 g/mol. The van der Waals surface area contributed by atoms with Gasteiger partial charge in [0.25, 0.3) is 0 Å². The van der Waals surface area contributed by atoms with E-state index in [4.69, 9.17) is 0 Å². The highest BCUT2D eigenvalue weighted by molar-refractivity contribution is 5.95. The van der Waals surface area contributed by atoms with Crippen LogP contribution in [-0.4, -0.2) is 44.7 Å². The minimum Gasteiger partial charge on any atom is -0.322 e. The van der Waals surface area contributed by atoms with Crippen LogP contribution in [0.4, 0.5) is 10.1 Å². The van der Waals surface area contributed by atoms with Crippen LogP contribution in [0.5, 0.6) is 0 Å². The number of alkyl halides is 1. The molecule has 1 aromatic carbocycles. The second kappa shape index (κ2) is 8.59. The van der Waals surface area contributed by atoms with Crippen molar-refractivity contribution >= 4 is 11.6 Å². The predicted molar refractivity (Wildman–Crippen MR) is 119 cm³/mol. The first kappa shape index (κ1) is 21.2. The third kappa shape index (κ3) is 4.23. The number of amides is 1. The van der Waals surface area contributed by atoms with Crippen molar-refractivity contribution in [3.63, 3.8) is 0 Å². The molecule has 1 aliphatic rings. The average Bonchev–Trinajstić information content (AvgIpc) is 3.08. The summed E-state index contributed by atoms with van der Waals surface area (Å²) in [4.78, 5) is 19.2. The number of hydrogen-bond donors (Lipinski definition) is 1. The van der Waals surface area contributed by atoms with Gasteiger partial charge in [-0.1, -0.05) is 24.3 Å². The molecule has 0 saturated carbocycles. The number of carbonyl (C=O) groups excluding carboxylic acids is 1. The fourth-order valence-electron chi connectivity index (χ4n) is 4.19. The van der Waals surface area contributed by atoms with Crippen LogP contribution in [-0.2, 0) is 10.5 Å². The number of hydrogen-bond acceptors (Lipinski definition) is 4. The van der Waals surface area contributed by atoms with E-state index in [2.05, 4.69) is 15.4 Å². The van der Waals surface area contributed by atoms with Gasteiger partial charge in [0.2, 0.25) is 5.91 Å². The van der Waals surface area contributed by atoms with Gasteiger partial charge in [-0.2, -0.15) is 5.10 Å². The molecule has 2 aromatic heterocycles. The van der Waals surface area contributed by atoms with Gasteiger partial charge in [0, 0.05) is 19.3 Å². The van der Waals surface area contributed by atoms with E-state index < -0.39 is 5.67 Å². The number of nitrogens with one attached hydrogen (secondary N) is 1. The molecule has 3 aromatic rings. The van der Waals surface area contributed by atoms with Gasteiger partial charge in [0.15, 0.2) is 5.67 Å². The molecule has 1 N–H and O–H groups in total. The number of pyridine rings is 1. The van der Waals surface area contributed by atoms with Crippen molar-refractivity contribution in [3.05, 3.63) is 71.8 Å². The lowest BCUT2D eigenvalue weighted by molar-refractivity contribution is -0.122. The largest absolute Gasteiger partial charge is 0.322 e. The lowest BCUT2D eigenvalue weighted by atomic mass is 9.89. The van der Waals surface area contributed by atoms with Gasteiger partial charge in [-0.05, 0) is 57.9 Å². The minimum atomic E-state index is -1.43. The molecule has 31 heavy (non-hydrogen) atoms. The quantitative estimate of drug-likeness (QED) is 0.672. The first-order valence-electron chi connectivity index (χ1n) is 10.7. The third-order valence-corrected chi connectivity index (χ3v) is 6.18. The Morgan fingerprint density at radius 3 is 2.42 bits per heavy atom. The summed E-state index contributed by atoms with van der Waals surface area (Å²) in [5, 5.41) is 7.64. The zero-order chi connectivity index (χ0) is 22.0. The number of rotatable bonds is 5. The molecule has 0 spiro atoms. The fourth-order valence-corrected chi connectivity index (χ4v) is 4.19. The minimum absolute atomic E-state index is 0.108. The van der Waals surface area contributed by atoms with Crippen molar-refractivity contribution in [1.82, 2.24) is 19.7 Å². The van der Waals surface area contributed by atoms with Crippen molar-refractivity contribution in [1.29, 1.82) is 0 Å². The molecule has 0 bridgehead atoms. The highest BCUT2D eigenvalue weighted by Gasteiger charge is 2.39. The molecule has 7 heteroatoms. The molecular formula is C24H28FN5O. The summed E-state index contributed by atoms with van der Waals surface area (Å²) >= 11 is 0. The summed E-state index contributed by atoms with van der Waals surface area (Å²) in [7, 11) is 0. The van der Waals surface area contributed by atoms with Gasteiger partial charge in [-0.3, -0.25) is 14.7 Å². The Balaban J connectivity index is 1.43. The summed E-state index contributed by atoms with van der Waals surface area (Å²) in [5.74, 6) is -0.108. The number of aromatic nitrogens is 3. The second-order valence-electron chi connectivity index (χ2n) is 8.17. The normalized spacial score (nSPS) is 17.3. The number of halogens is 1. The number of aryl methyl sites for hydroxylation is 1. The summed E-state index contributed by atoms with van der Waals surface area (Å²) < 4.78 is 17.2. The smallest absolute Gasteiger partial charge is 0.241 e. The molecule has 0 radical (unpaired) electrons. The SMILES string of the molecule is Cc1nn(-c2ccccc2)c(C)c1NC(=O)C(C)N1CCC(F)(c2ccccn2)CC1. The predicted octanol–water partition coefficient (Wildman–Crippen LogP) is 4.17. The highest BCUT2D eigenvalue weighted by Crippen LogP contribution is 2.36. The van der Waals surface area contributed by atoms with Crippen molar-refractivity contribution in [2.75, 3.05) is 18.4 Å². The van der Waals surface area contributed by atoms with E-state index in [0.29, 0.717) is 31.6 Å². The molecule has 1 unspecified atom stereocenters. The van der Waals surface area contributed by atoms with E-state index in [-0.39, 0.29) is 11.9 Å². The van der Waals surface area contributed by atoms with Crippen LogP contribution in [0.25, 0.3) is 5.69 Å². The van der Waals surface area contributed by atoms with Gasteiger partial charge < -0.3 is 5.32 Å². The number of benzene rings is 1. The number of carbonyl (C=O) groups is 1. The number of anilines is 1. The van der Waals surface area contributed by atoms with Crippen LogP contribution in [0, 0.1) is 13.8 Å². The lowest BCUT2D eigenvalue weighted by Crippen LogP contribution is -2.49. The van der Waals surface area contributed by atoms with Crippen molar-refractivity contribution in [2.24, 2.45) is 0 Å². The topological polar surface area (TPSA) is 63.1 Å². The van der Waals surface area contributed by atoms with E-state index in [9.17, 15) is 4.79 Å². The lowest BCUT2D eigenvalue weighted by Gasteiger charge is -2.38. The molecule has 3 heterocycles. The number of piperidine rings is 1. The standard InChI is InChI=1S/C24H28FN5O/c1-17-22(18(2)30(28-17)20-9-5-4-6-10-20)27-23(31)19(3)29-15-12-24(25,13-16-29)21-11-7-8-14-26-21/h4-11,14,19H,12-13,15-16H2,1-3H3,(H,27,31). The maximum Gasteiger partial charge on any atom is 0.241 e. The Morgan fingerprint density at radius 1 is 1.10 bits per heavy atom. The van der Waals surface area contributed by atoms with Crippen LogP contribution in [0.3, 0.4) is 0 Å². The van der Waals surface area contributed by atoms with E-state index in [1.54, 1.807) is 18.3 Å². The third-order valence-electron chi connectivity index (χ3n) is 6.18. The van der Waals surface area contributed by atoms with Gasteiger partial charge in [0.1, 0.15) is 0 Å². The zero-order valence-corrected chi connectivity index (χ0v) is 18.2. The Labute approximate surface area is 182 Å². The molecule has 1 aliphatic heterocycles. The zero-order valence-electron chi connectivity index (χ0n) is 18.2. The molecule has 1 amide bonds. The van der Waals surface area contributed by atoms with Gasteiger partial charge in [-0.15, -0.1) is 0 Å². The van der Waals surface area contributed by atoms with E-state index >= 15 is 4.39 Å². The summed E-state index contributed by atoms with van der Waals surface area (Å²) in [6.45, 7) is 6.70. The van der Waals surface area contributed by atoms with Crippen LogP contribution >= 0.6 is 0 Å². The van der Waals surface area contributed by atoms with E-state index in [0.717, 1.165) is 22.8 Å². The van der Waals surface area contributed by atoms with Crippen molar-refractivity contribution < 1.29 is 9.18 Å². The first-order chi connectivity index (χ1) is 14.9. The van der Waals surface area contributed by atoms with Gasteiger partial charge in [0.05, 0.1) is 34.5 Å². The van der Waals surface area contributed by atoms with E-state index in [1.807, 2.05) is 66.8 Å². The molecule has 6 nitrogen and oxygen atoms in total. The van der Waals surface area contributed by atoms with Crippen LogP contribution in [0.1, 0.15) is 36.8 Å². The Hall–Kier alpha value is -3.06. The Kier molecular flexibility index (Phi) is 5.87. The molecule has 1 atom stereocenters. The number of likely N-dealkylation sites (tertiary alicyclic amines) is 1. The maximum atomic E-state index is 15.4. The Morgan fingerprint density at radius 2 is 1.77 bits per heavy atom. The van der Waals surface area contributed by atoms with E-state index in [1.165, 1.54) is 0 Å². The summed E-state index contributed by atoms with van der Waals surface area (Å²) in [6, 6.07) is 14.8. The second-order valence-corrected chi connectivity index (χ2v) is 8.17. The summed E-state index contributed by atoms with van der Waals surface area (Å²) in [5.41, 5.74) is 2.36. The summed E-state index contributed by atoms with van der Waals surface area (Å²) in [6.07, 6.45) is 2.27. The fraction of sp³-hybridized carbons (Fsp3) is 0.375. The Bertz CT molecular complexity index is 1040.